The molecule has 0 saturated heterocycles. The molecule has 88 valence electrons. The topological polar surface area (TPSA) is 35.0 Å². The van der Waals surface area contributed by atoms with Crippen molar-refractivity contribution >= 4 is 15.9 Å². The SMILES string of the molecule is Cc1ccc(OCCc2nccc(Br)n2)cc1. The maximum Gasteiger partial charge on any atom is 0.132 e. The minimum Gasteiger partial charge on any atom is -0.493 e. The van der Waals surface area contributed by atoms with Crippen molar-refractivity contribution in [2.45, 2.75) is 13.3 Å². The van der Waals surface area contributed by atoms with E-state index in [1.807, 2.05) is 30.3 Å². The first-order valence-electron chi connectivity index (χ1n) is 5.41. The third-order valence-corrected chi connectivity index (χ3v) is 2.73. The zero-order chi connectivity index (χ0) is 12.1. The van der Waals surface area contributed by atoms with Gasteiger partial charge in [0.15, 0.2) is 0 Å². The van der Waals surface area contributed by atoms with Crippen LogP contribution in [0.4, 0.5) is 0 Å². The van der Waals surface area contributed by atoms with Gasteiger partial charge in [0.05, 0.1) is 6.61 Å². The van der Waals surface area contributed by atoms with Crippen molar-refractivity contribution in [2.24, 2.45) is 0 Å². The minimum absolute atomic E-state index is 0.583. The number of rotatable bonds is 4. The lowest BCUT2D eigenvalue weighted by atomic mass is 10.2. The van der Waals surface area contributed by atoms with Crippen molar-refractivity contribution in [3.8, 4) is 5.75 Å². The lowest BCUT2D eigenvalue weighted by Gasteiger charge is -2.05. The Morgan fingerprint density at radius 1 is 1.18 bits per heavy atom. The summed E-state index contributed by atoms with van der Waals surface area (Å²) < 4.78 is 6.41. The molecule has 0 aliphatic heterocycles. The number of aryl methyl sites for hydroxylation is 1. The molecular formula is C13H13BrN2O. The number of ether oxygens (including phenoxy) is 1. The van der Waals surface area contributed by atoms with Crippen molar-refractivity contribution in [3.05, 3.63) is 52.5 Å². The van der Waals surface area contributed by atoms with Gasteiger partial charge in [-0.05, 0) is 41.1 Å². The second-order valence-electron chi connectivity index (χ2n) is 3.71. The zero-order valence-corrected chi connectivity index (χ0v) is 11.1. The summed E-state index contributed by atoms with van der Waals surface area (Å²) in [7, 11) is 0. The smallest absolute Gasteiger partial charge is 0.132 e. The van der Waals surface area contributed by atoms with E-state index in [4.69, 9.17) is 4.74 Å². The van der Waals surface area contributed by atoms with Crippen LogP contribution in [0.2, 0.25) is 0 Å². The van der Waals surface area contributed by atoms with Crippen molar-refractivity contribution in [3.63, 3.8) is 0 Å². The Bertz CT molecular complexity index is 485. The summed E-state index contributed by atoms with van der Waals surface area (Å²) in [6.45, 7) is 2.64. The Morgan fingerprint density at radius 2 is 1.94 bits per heavy atom. The molecule has 2 rings (SSSR count). The van der Waals surface area contributed by atoms with E-state index in [-0.39, 0.29) is 0 Å². The van der Waals surface area contributed by atoms with Gasteiger partial charge in [-0.3, -0.25) is 0 Å². The van der Waals surface area contributed by atoms with Crippen LogP contribution in [0.15, 0.2) is 41.1 Å². The first-order valence-corrected chi connectivity index (χ1v) is 6.20. The summed E-state index contributed by atoms with van der Waals surface area (Å²) >= 11 is 3.31. The van der Waals surface area contributed by atoms with E-state index in [1.54, 1.807) is 6.20 Å². The van der Waals surface area contributed by atoms with E-state index in [0.717, 1.165) is 16.2 Å². The number of hydrogen-bond acceptors (Lipinski definition) is 3. The van der Waals surface area contributed by atoms with Crippen molar-refractivity contribution in [1.29, 1.82) is 0 Å². The number of hydrogen-bond donors (Lipinski definition) is 0. The van der Waals surface area contributed by atoms with E-state index in [0.29, 0.717) is 13.0 Å². The molecule has 1 aromatic carbocycles. The molecule has 0 radical (unpaired) electrons. The Morgan fingerprint density at radius 3 is 2.65 bits per heavy atom. The fraction of sp³-hybridized carbons (Fsp3) is 0.231. The van der Waals surface area contributed by atoms with Crippen LogP contribution in [0.1, 0.15) is 11.4 Å². The van der Waals surface area contributed by atoms with E-state index in [1.165, 1.54) is 5.56 Å². The van der Waals surface area contributed by atoms with Crippen LogP contribution in [0.25, 0.3) is 0 Å². The highest BCUT2D eigenvalue weighted by Gasteiger charge is 1.98. The average Bonchev–Trinajstić information content (AvgIpc) is 2.32. The Hall–Kier alpha value is -1.42. The van der Waals surface area contributed by atoms with Crippen LogP contribution in [0.5, 0.6) is 5.75 Å². The van der Waals surface area contributed by atoms with Gasteiger partial charge in [0.25, 0.3) is 0 Å². The summed E-state index contributed by atoms with van der Waals surface area (Å²) in [5, 5.41) is 0. The predicted molar refractivity (Wildman–Crippen MR) is 70.1 cm³/mol. The average molecular weight is 293 g/mol. The second kappa shape index (κ2) is 5.77. The quantitative estimate of drug-likeness (QED) is 0.812. The molecule has 3 nitrogen and oxygen atoms in total. The highest BCUT2D eigenvalue weighted by Crippen LogP contribution is 2.11. The van der Waals surface area contributed by atoms with E-state index in [9.17, 15) is 0 Å². The normalized spacial score (nSPS) is 10.2. The summed E-state index contributed by atoms with van der Waals surface area (Å²) in [5.41, 5.74) is 1.23. The highest BCUT2D eigenvalue weighted by atomic mass is 79.9. The lowest BCUT2D eigenvalue weighted by Crippen LogP contribution is -2.04. The Kier molecular flexibility index (Phi) is 4.09. The molecule has 0 atom stereocenters. The summed E-state index contributed by atoms with van der Waals surface area (Å²) in [5.74, 6) is 1.66. The lowest BCUT2D eigenvalue weighted by molar-refractivity contribution is 0.318. The molecule has 0 bridgehead atoms. The van der Waals surface area contributed by atoms with Gasteiger partial charge in [-0.1, -0.05) is 17.7 Å². The Labute approximate surface area is 109 Å². The zero-order valence-electron chi connectivity index (χ0n) is 9.56. The molecule has 17 heavy (non-hydrogen) atoms. The molecule has 0 amide bonds. The molecule has 0 aliphatic carbocycles. The molecule has 0 unspecified atom stereocenters. The van der Waals surface area contributed by atoms with Crippen LogP contribution in [0.3, 0.4) is 0 Å². The van der Waals surface area contributed by atoms with Gasteiger partial charge >= 0.3 is 0 Å². The monoisotopic (exact) mass is 292 g/mol. The van der Waals surface area contributed by atoms with E-state index < -0.39 is 0 Å². The van der Waals surface area contributed by atoms with Crippen LogP contribution in [0, 0.1) is 6.92 Å². The summed E-state index contributed by atoms with van der Waals surface area (Å²) in [6, 6.07) is 9.81. The van der Waals surface area contributed by atoms with Crippen LogP contribution >= 0.6 is 15.9 Å². The van der Waals surface area contributed by atoms with Crippen molar-refractivity contribution in [2.75, 3.05) is 6.61 Å². The number of aromatic nitrogens is 2. The maximum absolute atomic E-state index is 5.61. The predicted octanol–water partition coefficient (Wildman–Crippen LogP) is 3.17. The third-order valence-electron chi connectivity index (χ3n) is 2.29. The summed E-state index contributed by atoms with van der Waals surface area (Å²) in [4.78, 5) is 8.41. The fourth-order valence-corrected chi connectivity index (χ4v) is 1.71. The molecule has 0 spiro atoms. The maximum atomic E-state index is 5.61. The van der Waals surface area contributed by atoms with Crippen LogP contribution < -0.4 is 4.74 Å². The van der Waals surface area contributed by atoms with Gasteiger partial charge < -0.3 is 4.74 Å². The molecular weight excluding hydrogens is 280 g/mol. The standard InChI is InChI=1S/C13H13BrN2O/c1-10-2-4-11(5-3-10)17-9-7-13-15-8-6-12(14)16-13/h2-6,8H,7,9H2,1H3. The fourth-order valence-electron chi connectivity index (χ4n) is 1.39. The van der Waals surface area contributed by atoms with Gasteiger partial charge in [-0.15, -0.1) is 0 Å². The first-order chi connectivity index (χ1) is 8.24. The third kappa shape index (κ3) is 3.82. The number of halogens is 1. The summed E-state index contributed by atoms with van der Waals surface area (Å²) in [6.07, 6.45) is 2.44. The molecule has 4 heteroatoms. The largest absolute Gasteiger partial charge is 0.493 e. The molecule has 0 fully saturated rings. The van der Waals surface area contributed by atoms with Crippen molar-refractivity contribution < 1.29 is 4.74 Å². The van der Waals surface area contributed by atoms with E-state index in [2.05, 4.69) is 32.8 Å². The molecule has 2 aromatic rings. The molecule has 0 N–H and O–H groups in total. The molecule has 0 aliphatic rings. The highest BCUT2D eigenvalue weighted by molar-refractivity contribution is 9.10. The number of benzene rings is 1. The van der Waals surface area contributed by atoms with Gasteiger partial charge in [0, 0.05) is 12.6 Å². The first kappa shape index (κ1) is 12.0. The number of nitrogens with zero attached hydrogens (tertiary/aromatic N) is 2. The molecule has 0 saturated carbocycles. The minimum atomic E-state index is 0.583. The van der Waals surface area contributed by atoms with Gasteiger partial charge in [0.1, 0.15) is 16.2 Å². The van der Waals surface area contributed by atoms with Gasteiger partial charge in [-0.2, -0.15) is 0 Å². The second-order valence-corrected chi connectivity index (χ2v) is 4.52. The van der Waals surface area contributed by atoms with E-state index >= 15 is 0 Å². The molecule has 1 heterocycles. The van der Waals surface area contributed by atoms with Gasteiger partial charge in [-0.25, -0.2) is 9.97 Å². The van der Waals surface area contributed by atoms with Gasteiger partial charge in [0.2, 0.25) is 0 Å². The molecule has 1 aromatic heterocycles. The Balaban J connectivity index is 1.85. The van der Waals surface area contributed by atoms with Crippen LogP contribution in [-0.2, 0) is 6.42 Å². The van der Waals surface area contributed by atoms with Crippen molar-refractivity contribution in [1.82, 2.24) is 9.97 Å². The van der Waals surface area contributed by atoms with Crippen LogP contribution in [-0.4, -0.2) is 16.6 Å².